The minimum Gasteiger partial charge on any atom is -0.330 e. The van der Waals surface area contributed by atoms with E-state index in [1.807, 2.05) is 6.07 Å². The quantitative estimate of drug-likeness (QED) is 0.770. The molecule has 0 aromatic heterocycles. The fourth-order valence-electron chi connectivity index (χ4n) is 1.79. The number of hydrogen-bond donors (Lipinski definition) is 1. The van der Waals surface area contributed by atoms with Gasteiger partial charge in [-0.1, -0.05) is 42.5 Å². The molecular formula is C13H17N. The summed E-state index contributed by atoms with van der Waals surface area (Å²) >= 11 is 0. The first-order valence-corrected chi connectivity index (χ1v) is 5.29. The van der Waals surface area contributed by atoms with E-state index in [0.717, 1.165) is 13.0 Å². The molecule has 1 saturated carbocycles. The summed E-state index contributed by atoms with van der Waals surface area (Å²) < 4.78 is 0. The van der Waals surface area contributed by atoms with Crippen molar-refractivity contribution in [2.45, 2.75) is 19.3 Å². The molecule has 0 atom stereocenters. The van der Waals surface area contributed by atoms with Crippen LogP contribution in [-0.4, -0.2) is 6.54 Å². The van der Waals surface area contributed by atoms with Crippen LogP contribution in [0, 0.1) is 5.41 Å². The van der Waals surface area contributed by atoms with Crippen molar-refractivity contribution in [2.24, 2.45) is 11.1 Å². The highest BCUT2D eigenvalue weighted by molar-refractivity contribution is 5.50. The van der Waals surface area contributed by atoms with Gasteiger partial charge in [-0.25, -0.2) is 0 Å². The fraction of sp³-hybridized carbons (Fsp3) is 0.385. The fourth-order valence-corrected chi connectivity index (χ4v) is 1.79. The predicted molar refractivity (Wildman–Crippen MR) is 60.8 cm³/mol. The zero-order chi connectivity index (χ0) is 9.86. The van der Waals surface area contributed by atoms with Crippen molar-refractivity contribution in [2.75, 3.05) is 6.54 Å². The first-order valence-electron chi connectivity index (χ1n) is 5.29. The summed E-state index contributed by atoms with van der Waals surface area (Å²) in [5.41, 5.74) is 7.33. The number of allylic oxidation sites excluding steroid dienone is 1. The van der Waals surface area contributed by atoms with Gasteiger partial charge in [0.2, 0.25) is 0 Å². The maximum atomic E-state index is 5.59. The molecule has 0 heterocycles. The van der Waals surface area contributed by atoms with Crippen molar-refractivity contribution in [3.05, 3.63) is 42.0 Å². The molecule has 0 amide bonds. The third-order valence-corrected chi connectivity index (χ3v) is 2.96. The van der Waals surface area contributed by atoms with E-state index >= 15 is 0 Å². The van der Waals surface area contributed by atoms with E-state index in [-0.39, 0.29) is 0 Å². The van der Waals surface area contributed by atoms with Crippen molar-refractivity contribution in [1.82, 2.24) is 0 Å². The minimum absolute atomic E-state index is 0.449. The summed E-state index contributed by atoms with van der Waals surface area (Å²) in [7, 11) is 0. The molecule has 0 aliphatic heterocycles. The molecule has 0 saturated heterocycles. The predicted octanol–water partition coefficient (Wildman–Crippen LogP) is 2.83. The first kappa shape index (κ1) is 9.47. The minimum atomic E-state index is 0.449. The van der Waals surface area contributed by atoms with Crippen LogP contribution in [0.25, 0.3) is 6.08 Å². The second kappa shape index (κ2) is 3.97. The van der Waals surface area contributed by atoms with E-state index in [9.17, 15) is 0 Å². The Morgan fingerprint density at radius 3 is 2.50 bits per heavy atom. The van der Waals surface area contributed by atoms with E-state index in [1.165, 1.54) is 18.4 Å². The molecule has 1 aromatic carbocycles. The highest BCUT2D eigenvalue weighted by Crippen LogP contribution is 2.50. The van der Waals surface area contributed by atoms with Gasteiger partial charge in [0.05, 0.1) is 0 Å². The summed E-state index contributed by atoms with van der Waals surface area (Å²) in [6.07, 6.45) is 8.33. The number of benzene rings is 1. The van der Waals surface area contributed by atoms with Gasteiger partial charge in [-0.15, -0.1) is 0 Å². The Morgan fingerprint density at radius 1 is 1.21 bits per heavy atom. The van der Waals surface area contributed by atoms with Gasteiger partial charge in [-0.05, 0) is 36.8 Å². The standard InChI is InChI=1S/C13H17N/c14-11-10-13(8-9-13)7-6-12-4-2-1-3-5-12/h1-7H,8-11,14H2/b7-6+. The van der Waals surface area contributed by atoms with Crippen LogP contribution in [0.5, 0.6) is 0 Å². The maximum Gasteiger partial charge on any atom is -0.00690 e. The second-order valence-electron chi connectivity index (χ2n) is 4.15. The molecule has 1 aliphatic rings. The van der Waals surface area contributed by atoms with E-state index in [4.69, 9.17) is 5.73 Å². The third-order valence-electron chi connectivity index (χ3n) is 2.96. The van der Waals surface area contributed by atoms with Crippen LogP contribution in [0.2, 0.25) is 0 Å². The molecule has 2 N–H and O–H groups in total. The zero-order valence-electron chi connectivity index (χ0n) is 8.45. The lowest BCUT2D eigenvalue weighted by atomic mass is 10.0. The van der Waals surface area contributed by atoms with Crippen molar-refractivity contribution in [1.29, 1.82) is 0 Å². The number of nitrogens with two attached hydrogens (primary N) is 1. The average Bonchev–Trinajstić information content (AvgIpc) is 2.98. The van der Waals surface area contributed by atoms with Crippen LogP contribution in [0.15, 0.2) is 36.4 Å². The van der Waals surface area contributed by atoms with E-state index in [1.54, 1.807) is 0 Å². The Bertz CT molecular complexity index is 309. The summed E-state index contributed by atoms with van der Waals surface area (Å²) in [6.45, 7) is 0.805. The molecule has 0 bridgehead atoms. The second-order valence-corrected chi connectivity index (χ2v) is 4.15. The van der Waals surface area contributed by atoms with Crippen LogP contribution in [-0.2, 0) is 0 Å². The van der Waals surface area contributed by atoms with Crippen molar-refractivity contribution >= 4 is 6.08 Å². The summed E-state index contributed by atoms with van der Waals surface area (Å²) in [5.74, 6) is 0. The molecule has 1 fully saturated rings. The van der Waals surface area contributed by atoms with E-state index in [0.29, 0.717) is 5.41 Å². The van der Waals surface area contributed by atoms with Gasteiger partial charge in [-0.3, -0.25) is 0 Å². The lowest BCUT2D eigenvalue weighted by Gasteiger charge is -2.06. The molecule has 1 aromatic rings. The zero-order valence-corrected chi connectivity index (χ0v) is 8.45. The van der Waals surface area contributed by atoms with Gasteiger partial charge in [0.15, 0.2) is 0 Å². The van der Waals surface area contributed by atoms with Gasteiger partial charge in [0.25, 0.3) is 0 Å². The summed E-state index contributed by atoms with van der Waals surface area (Å²) in [6, 6.07) is 10.5. The van der Waals surface area contributed by atoms with Crippen molar-refractivity contribution < 1.29 is 0 Å². The monoisotopic (exact) mass is 187 g/mol. The molecule has 0 spiro atoms. The SMILES string of the molecule is NCCC1(/C=C/c2ccccc2)CC1. The smallest absolute Gasteiger partial charge is 0.00690 e. The largest absolute Gasteiger partial charge is 0.330 e. The Balaban J connectivity index is 2.00. The molecule has 14 heavy (non-hydrogen) atoms. The highest BCUT2D eigenvalue weighted by atomic mass is 14.6. The molecule has 0 unspecified atom stereocenters. The lowest BCUT2D eigenvalue weighted by Crippen LogP contribution is -2.06. The summed E-state index contributed by atoms with van der Waals surface area (Å²) in [5, 5.41) is 0. The molecule has 1 heteroatoms. The van der Waals surface area contributed by atoms with Gasteiger partial charge >= 0.3 is 0 Å². The molecule has 2 rings (SSSR count). The van der Waals surface area contributed by atoms with Crippen molar-refractivity contribution in [3.8, 4) is 0 Å². The van der Waals surface area contributed by atoms with Gasteiger partial charge in [-0.2, -0.15) is 0 Å². The Morgan fingerprint density at radius 2 is 1.93 bits per heavy atom. The normalized spacial score (nSPS) is 18.6. The Kier molecular flexibility index (Phi) is 2.69. The Labute approximate surface area is 85.6 Å². The highest BCUT2D eigenvalue weighted by Gasteiger charge is 2.38. The maximum absolute atomic E-state index is 5.59. The van der Waals surface area contributed by atoms with Crippen LogP contribution < -0.4 is 5.73 Å². The molecule has 1 nitrogen and oxygen atoms in total. The summed E-state index contributed by atoms with van der Waals surface area (Å²) in [4.78, 5) is 0. The van der Waals surface area contributed by atoms with Crippen LogP contribution in [0.3, 0.4) is 0 Å². The van der Waals surface area contributed by atoms with Crippen LogP contribution >= 0.6 is 0 Å². The van der Waals surface area contributed by atoms with E-state index < -0.39 is 0 Å². The van der Waals surface area contributed by atoms with Gasteiger partial charge in [0, 0.05) is 0 Å². The van der Waals surface area contributed by atoms with Crippen LogP contribution in [0.1, 0.15) is 24.8 Å². The van der Waals surface area contributed by atoms with Crippen molar-refractivity contribution in [3.63, 3.8) is 0 Å². The molecule has 1 aliphatic carbocycles. The lowest BCUT2D eigenvalue weighted by molar-refractivity contribution is 0.596. The Hall–Kier alpha value is -1.08. The van der Waals surface area contributed by atoms with Gasteiger partial charge < -0.3 is 5.73 Å². The van der Waals surface area contributed by atoms with Gasteiger partial charge in [0.1, 0.15) is 0 Å². The average molecular weight is 187 g/mol. The molecule has 0 radical (unpaired) electrons. The first-order chi connectivity index (χ1) is 6.85. The topological polar surface area (TPSA) is 26.0 Å². The van der Waals surface area contributed by atoms with Crippen LogP contribution in [0.4, 0.5) is 0 Å². The number of hydrogen-bond acceptors (Lipinski definition) is 1. The number of rotatable bonds is 4. The molecule has 74 valence electrons. The molecular weight excluding hydrogens is 170 g/mol. The van der Waals surface area contributed by atoms with E-state index in [2.05, 4.69) is 36.4 Å². The third kappa shape index (κ3) is 2.24.